The van der Waals surface area contributed by atoms with Gasteiger partial charge in [0.05, 0.1) is 11.2 Å². The van der Waals surface area contributed by atoms with Gasteiger partial charge in [-0.3, -0.25) is 4.98 Å². The van der Waals surface area contributed by atoms with E-state index in [1.807, 2.05) is 25.5 Å². The van der Waals surface area contributed by atoms with E-state index in [-0.39, 0.29) is 0 Å². The Morgan fingerprint density at radius 3 is 3.08 bits per heavy atom. The van der Waals surface area contributed by atoms with Crippen LogP contribution in [0.2, 0.25) is 0 Å². The molecule has 0 aliphatic rings. The van der Waals surface area contributed by atoms with Gasteiger partial charge in [-0.05, 0) is 18.7 Å². The highest BCUT2D eigenvalue weighted by Crippen LogP contribution is 2.17. The van der Waals surface area contributed by atoms with Crippen LogP contribution in [0.4, 0.5) is 0 Å². The summed E-state index contributed by atoms with van der Waals surface area (Å²) < 4.78 is 2.09. The molecule has 0 aliphatic heterocycles. The molecule has 0 fully saturated rings. The Balaban J connectivity index is 2.63. The fraction of sp³-hybridized carbons (Fsp3) is 0.300. The van der Waals surface area contributed by atoms with Crippen LogP contribution in [0, 0.1) is 0 Å². The average molecular weight is 175 g/mol. The van der Waals surface area contributed by atoms with Gasteiger partial charge in [-0.15, -0.1) is 0 Å². The van der Waals surface area contributed by atoms with Gasteiger partial charge in [-0.25, -0.2) is 0 Å². The van der Waals surface area contributed by atoms with Gasteiger partial charge in [0.1, 0.15) is 0 Å². The maximum atomic E-state index is 5.51. The minimum absolute atomic E-state index is 0.654. The van der Waals surface area contributed by atoms with Crippen molar-refractivity contribution in [3.63, 3.8) is 0 Å². The molecular formula is C10H13N3. The van der Waals surface area contributed by atoms with Gasteiger partial charge in [0.25, 0.3) is 0 Å². The fourth-order valence-corrected chi connectivity index (χ4v) is 1.60. The Morgan fingerprint density at radius 1 is 1.46 bits per heavy atom. The lowest BCUT2D eigenvalue weighted by Crippen LogP contribution is -2.04. The number of fused-ring (bicyclic) bond motifs is 1. The minimum Gasteiger partial charge on any atom is -0.350 e. The monoisotopic (exact) mass is 175 g/mol. The Bertz CT molecular complexity index is 417. The number of aromatic nitrogens is 2. The second-order valence-corrected chi connectivity index (χ2v) is 3.16. The van der Waals surface area contributed by atoms with E-state index in [1.54, 1.807) is 0 Å². The van der Waals surface area contributed by atoms with Gasteiger partial charge in [0.2, 0.25) is 0 Å². The van der Waals surface area contributed by atoms with Crippen LogP contribution in [0.25, 0.3) is 10.9 Å². The van der Waals surface area contributed by atoms with Gasteiger partial charge < -0.3 is 10.3 Å². The van der Waals surface area contributed by atoms with Crippen molar-refractivity contribution < 1.29 is 0 Å². The molecule has 2 rings (SSSR count). The number of nitrogens with two attached hydrogens (primary N) is 1. The van der Waals surface area contributed by atoms with Crippen LogP contribution in [0.15, 0.2) is 24.5 Å². The van der Waals surface area contributed by atoms with Crippen molar-refractivity contribution in [3.05, 3.63) is 30.2 Å². The Kier molecular flexibility index (Phi) is 2.02. The first-order valence-corrected chi connectivity index (χ1v) is 4.42. The molecule has 2 heterocycles. The second-order valence-electron chi connectivity index (χ2n) is 3.16. The number of rotatable bonds is 2. The first kappa shape index (κ1) is 8.26. The lowest BCUT2D eigenvalue weighted by molar-refractivity contribution is 0.930. The quantitative estimate of drug-likeness (QED) is 0.742. The summed E-state index contributed by atoms with van der Waals surface area (Å²) in [4.78, 5) is 4.32. The predicted octanol–water partition coefficient (Wildman–Crippen LogP) is 1.07. The third-order valence-electron chi connectivity index (χ3n) is 2.28. The highest BCUT2D eigenvalue weighted by molar-refractivity contribution is 5.82. The summed E-state index contributed by atoms with van der Waals surface area (Å²) in [5.41, 5.74) is 7.83. The average Bonchev–Trinajstić information content (AvgIpc) is 2.50. The molecule has 0 spiro atoms. The van der Waals surface area contributed by atoms with E-state index in [0.29, 0.717) is 6.54 Å². The maximum absolute atomic E-state index is 5.51. The van der Waals surface area contributed by atoms with Crippen molar-refractivity contribution in [1.29, 1.82) is 0 Å². The highest BCUT2D eigenvalue weighted by atomic mass is 14.9. The molecule has 2 N–H and O–H groups in total. The van der Waals surface area contributed by atoms with Crippen LogP contribution in [0.5, 0.6) is 0 Å². The first-order valence-electron chi connectivity index (χ1n) is 4.42. The molecule has 0 atom stereocenters. The Morgan fingerprint density at radius 2 is 2.31 bits per heavy atom. The van der Waals surface area contributed by atoms with Gasteiger partial charge in [-0.1, -0.05) is 0 Å². The number of aryl methyl sites for hydroxylation is 1. The zero-order valence-electron chi connectivity index (χ0n) is 7.70. The van der Waals surface area contributed by atoms with Crippen molar-refractivity contribution in [1.82, 2.24) is 9.55 Å². The zero-order chi connectivity index (χ0) is 9.26. The SMILES string of the molecule is Cn1ccc2c(CCN)nccc21. The van der Waals surface area contributed by atoms with Crippen molar-refractivity contribution in [2.45, 2.75) is 6.42 Å². The number of hydrogen-bond acceptors (Lipinski definition) is 2. The maximum Gasteiger partial charge on any atom is 0.0511 e. The third kappa shape index (κ3) is 1.31. The van der Waals surface area contributed by atoms with E-state index in [2.05, 4.69) is 15.6 Å². The molecule has 0 saturated heterocycles. The second kappa shape index (κ2) is 3.18. The smallest absolute Gasteiger partial charge is 0.0511 e. The van der Waals surface area contributed by atoms with E-state index >= 15 is 0 Å². The summed E-state index contributed by atoms with van der Waals surface area (Å²) in [5, 5.41) is 1.22. The van der Waals surface area contributed by atoms with E-state index in [9.17, 15) is 0 Å². The molecule has 2 aromatic heterocycles. The topological polar surface area (TPSA) is 43.8 Å². The van der Waals surface area contributed by atoms with E-state index in [1.165, 1.54) is 10.9 Å². The minimum atomic E-state index is 0.654. The molecule has 0 bridgehead atoms. The van der Waals surface area contributed by atoms with Crippen LogP contribution in [0.1, 0.15) is 5.69 Å². The summed E-state index contributed by atoms with van der Waals surface area (Å²) in [6, 6.07) is 4.11. The molecule has 0 aromatic carbocycles. The van der Waals surface area contributed by atoms with Gasteiger partial charge in [0, 0.05) is 31.2 Å². The molecule has 0 amide bonds. The molecule has 0 unspecified atom stereocenters. The van der Waals surface area contributed by atoms with E-state index in [0.717, 1.165) is 12.1 Å². The summed E-state index contributed by atoms with van der Waals surface area (Å²) in [7, 11) is 2.04. The molecule has 2 aromatic rings. The summed E-state index contributed by atoms with van der Waals surface area (Å²) in [6.45, 7) is 0.654. The first-order chi connectivity index (χ1) is 6.33. The van der Waals surface area contributed by atoms with E-state index < -0.39 is 0 Å². The molecule has 68 valence electrons. The highest BCUT2D eigenvalue weighted by Gasteiger charge is 2.03. The number of nitrogens with zero attached hydrogens (tertiary/aromatic N) is 2. The lowest BCUT2D eigenvalue weighted by atomic mass is 10.2. The van der Waals surface area contributed by atoms with Crippen molar-refractivity contribution >= 4 is 10.9 Å². The van der Waals surface area contributed by atoms with Crippen LogP contribution < -0.4 is 5.73 Å². The van der Waals surface area contributed by atoms with E-state index in [4.69, 9.17) is 5.73 Å². The largest absolute Gasteiger partial charge is 0.350 e. The van der Waals surface area contributed by atoms with Crippen molar-refractivity contribution in [2.75, 3.05) is 6.54 Å². The van der Waals surface area contributed by atoms with Gasteiger partial charge >= 0.3 is 0 Å². The Hall–Kier alpha value is -1.35. The lowest BCUT2D eigenvalue weighted by Gasteiger charge is -2.00. The summed E-state index contributed by atoms with van der Waals surface area (Å²) in [6.07, 6.45) is 4.74. The van der Waals surface area contributed by atoms with Crippen molar-refractivity contribution in [2.24, 2.45) is 12.8 Å². The van der Waals surface area contributed by atoms with Crippen LogP contribution in [-0.2, 0) is 13.5 Å². The molecule has 0 aliphatic carbocycles. The van der Waals surface area contributed by atoms with Gasteiger partial charge in [0.15, 0.2) is 0 Å². The van der Waals surface area contributed by atoms with Crippen molar-refractivity contribution in [3.8, 4) is 0 Å². The Labute approximate surface area is 77.2 Å². The zero-order valence-corrected chi connectivity index (χ0v) is 7.70. The molecular weight excluding hydrogens is 162 g/mol. The predicted molar refractivity (Wildman–Crippen MR) is 53.5 cm³/mol. The molecule has 0 radical (unpaired) electrons. The molecule has 3 heteroatoms. The van der Waals surface area contributed by atoms with Crippen LogP contribution in [-0.4, -0.2) is 16.1 Å². The number of hydrogen-bond donors (Lipinski definition) is 1. The molecule has 3 nitrogen and oxygen atoms in total. The number of pyridine rings is 1. The summed E-state index contributed by atoms with van der Waals surface area (Å²) >= 11 is 0. The van der Waals surface area contributed by atoms with Crippen LogP contribution >= 0.6 is 0 Å². The van der Waals surface area contributed by atoms with Gasteiger partial charge in [-0.2, -0.15) is 0 Å². The molecule has 0 saturated carbocycles. The third-order valence-corrected chi connectivity index (χ3v) is 2.28. The normalized spacial score (nSPS) is 10.9. The standard InChI is InChI=1S/C10H13N3/c1-13-7-4-8-9(2-5-11)12-6-3-10(8)13/h3-4,6-7H,2,5,11H2,1H3. The fourth-order valence-electron chi connectivity index (χ4n) is 1.60. The molecule has 13 heavy (non-hydrogen) atoms. The van der Waals surface area contributed by atoms with Crippen LogP contribution in [0.3, 0.4) is 0 Å². The summed E-state index contributed by atoms with van der Waals surface area (Å²) in [5.74, 6) is 0.